The van der Waals surface area contributed by atoms with Gasteiger partial charge in [-0.3, -0.25) is 4.79 Å². The molecule has 0 aromatic heterocycles. The average Bonchev–Trinajstić information content (AvgIpc) is 2.63. The third-order valence-corrected chi connectivity index (χ3v) is 4.52. The number of benzene rings is 3. The van der Waals surface area contributed by atoms with E-state index >= 15 is 0 Å². The minimum atomic E-state index is -0.0860. The van der Waals surface area contributed by atoms with Gasteiger partial charge in [0.1, 0.15) is 5.75 Å². The molecule has 0 spiro atoms. The Morgan fingerprint density at radius 3 is 2.28 bits per heavy atom. The van der Waals surface area contributed by atoms with Gasteiger partial charge in [0.25, 0.3) is 0 Å². The zero-order valence-corrected chi connectivity index (χ0v) is 13.9. The van der Waals surface area contributed by atoms with Gasteiger partial charge in [0.05, 0.1) is 11.3 Å². The summed E-state index contributed by atoms with van der Waals surface area (Å²) in [4.78, 5) is 13.1. The number of fused-ring (bicyclic) bond motifs is 2. The highest BCUT2D eigenvalue weighted by atomic mass is 16.5. The van der Waals surface area contributed by atoms with Gasteiger partial charge in [0, 0.05) is 5.56 Å². The second-order valence-corrected chi connectivity index (χ2v) is 6.12. The Bertz CT molecular complexity index is 1020. The van der Waals surface area contributed by atoms with Crippen molar-refractivity contribution < 1.29 is 9.53 Å². The molecule has 0 amide bonds. The number of anilines is 1. The molecular formula is C22H17NO2. The molecule has 25 heavy (non-hydrogen) atoms. The van der Waals surface area contributed by atoms with Gasteiger partial charge in [-0.25, -0.2) is 0 Å². The molecule has 0 saturated heterocycles. The smallest absolute Gasteiger partial charge is 0.196 e. The highest BCUT2D eigenvalue weighted by molar-refractivity contribution is 6.21. The Morgan fingerprint density at radius 1 is 0.920 bits per heavy atom. The lowest BCUT2D eigenvalue weighted by atomic mass is 9.79. The van der Waals surface area contributed by atoms with Crippen molar-refractivity contribution in [2.45, 2.75) is 6.92 Å². The first-order chi connectivity index (χ1) is 12.1. The molecular weight excluding hydrogens is 310 g/mol. The van der Waals surface area contributed by atoms with E-state index in [0.717, 1.165) is 22.3 Å². The number of ketones is 1. The zero-order valence-electron chi connectivity index (χ0n) is 13.9. The van der Waals surface area contributed by atoms with Crippen LogP contribution in [0.5, 0.6) is 11.5 Å². The van der Waals surface area contributed by atoms with Crippen LogP contribution in [0.4, 0.5) is 5.69 Å². The Kier molecular flexibility index (Phi) is 3.43. The normalized spacial score (nSPS) is 12.5. The molecule has 0 saturated carbocycles. The van der Waals surface area contributed by atoms with Gasteiger partial charge in [0.2, 0.25) is 0 Å². The predicted octanol–water partition coefficient (Wildman–Crippen LogP) is 4.98. The van der Waals surface area contributed by atoms with E-state index in [9.17, 15) is 4.79 Å². The molecule has 0 atom stereocenters. The molecule has 3 aromatic carbocycles. The van der Waals surface area contributed by atoms with Crippen molar-refractivity contribution in [3.8, 4) is 11.5 Å². The van der Waals surface area contributed by atoms with E-state index in [1.165, 1.54) is 0 Å². The molecule has 0 radical (unpaired) electrons. The zero-order chi connectivity index (χ0) is 17.6. The van der Waals surface area contributed by atoms with Crippen LogP contribution in [0.25, 0.3) is 5.57 Å². The topological polar surface area (TPSA) is 52.3 Å². The van der Waals surface area contributed by atoms with Crippen LogP contribution in [0.3, 0.4) is 0 Å². The van der Waals surface area contributed by atoms with Gasteiger partial charge < -0.3 is 10.5 Å². The van der Waals surface area contributed by atoms with Gasteiger partial charge in [-0.1, -0.05) is 49.0 Å². The average molecular weight is 327 g/mol. The fraction of sp³-hybridized carbons (Fsp3) is 0.0455. The SMILES string of the molecule is C=C1c2ccccc2C(=O)c2c(N)c(Oc3ccccc3)cc(C)c21. The third-order valence-electron chi connectivity index (χ3n) is 4.52. The number of nitrogen functional groups attached to an aromatic ring is 1. The number of rotatable bonds is 2. The van der Waals surface area contributed by atoms with Crippen LogP contribution < -0.4 is 10.5 Å². The monoisotopic (exact) mass is 327 g/mol. The number of para-hydroxylation sites is 1. The fourth-order valence-corrected chi connectivity index (χ4v) is 3.34. The van der Waals surface area contributed by atoms with Crippen LogP contribution in [0, 0.1) is 6.92 Å². The maximum Gasteiger partial charge on any atom is 0.196 e. The number of carbonyl (C=O) groups excluding carboxylic acids is 1. The maximum atomic E-state index is 13.1. The lowest BCUT2D eigenvalue weighted by Gasteiger charge is -2.25. The van der Waals surface area contributed by atoms with Crippen LogP contribution in [-0.2, 0) is 0 Å². The molecule has 3 aromatic rings. The summed E-state index contributed by atoms with van der Waals surface area (Å²) in [5.41, 5.74) is 11.2. The van der Waals surface area contributed by atoms with Crippen molar-refractivity contribution in [2.24, 2.45) is 0 Å². The summed E-state index contributed by atoms with van der Waals surface area (Å²) in [6.45, 7) is 6.15. The van der Waals surface area contributed by atoms with Gasteiger partial charge in [-0.15, -0.1) is 0 Å². The standard InChI is InChI=1S/C22H17NO2/c1-13-12-18(25-15-8-4-3-5-9-15)21(23)20-19(13)14(2)16-10-6-7-11-17(16)22(20)24/h3-12H,2,23H2,1H3. The minimum absolute atomic E-state index is 0.0860. The lowest BCUT2D eigenvalue weighted by molar-refractivity contribution is 0.103. The number of carbonyl (C=O) groups is 1. The molecule has 3 heteroatoms. The first-order valence-electron chi connectivity index (χ1n) is 8.07. The van der Waals surface area contributed by atoms with E-state index in [1.54, 1.807) is 0 Å². The number of aryl methyl sites for hydroxylation is 1. The van der Waals surface area contributed by atoms with Crippen LogP contribution >= 0.6 is 0 Å². The number of hydrogen-bond acceptors (Lipinski definition) is 3. The Labute approximate surface area is 146 Å². The van der Waals surface area contributed by atoms with E-state index in [-0.39, 0.29) is 5.78 Å². The van der Waals surface area contributed by atoms with Crippen LogP contribution in [0.15, 0.2) is 67.2 Å². The minimum Gasteiger partial charge on any atom is -0.455 e. The quantitative estimate of drug-likeness (QED) is 0.529. The molecule has 0 unspecified atom stereocenters. The molecule has 4 rings (SSSR count). The summed E-state index contributed by atoms with van der Waals surface area (Å²) in [6, 6.07) is 18.8. The lowest BCUT2D eigenvalue weighted by Crippen LogP contribution is -2.18. The second kappa shape index (κ2) is 5.64. The van der Waals surface area contributed by atoms with E-state index in [4.69, 9.17) is 10.5 Å². The molecule has 0 fully saturated rings. The van der Waals surface area contributed by atoms with Crippen molar-refractivity contribution in [3.05, 3.63) is 95.1 Å². The van der Waals surface area contributed by atoms with Gasteiger partial charge in [-0.05, 0) is 47.4 Å². The van der Waals surface area contributed by atoms with E-state index in [0.29, 0.717) is 28.3 Å². The molecule has 3 nitrogen and oxygen atoms in total. The van der Waals surface area contributed by atoms with E-state index in [1.807, 2.05) is 67.6 Å². The van der Waals surface area contributed by atoms with Crippen molar-refractivity contribution in [1.29, 1.82) is 0 Å². The first-order valence-corrected chi connectivity index (χ1v) is 8.07. The third kappa shape index (κ3) is 2.32. The van der Waals surface area contributed by atoms with Crippen molar-refractivity contribution in [3.63, 3.8) is 0 Å². The maximum absolute atomic E-state index is 13.1. The number of nitrogens with two attached hydrogens (primary N) is 1. The first kappa shape index (κ1) is 15.2. The van der Waals surface area contributed by atoms with Crippen molar-refractivity contribution in [1.82, 2.24) is 0 Å². The Morgan fingerprint density at radius 2 is 1.56 bits per heavy atom. The van der Waals surface area contributed by atoms with E-state index in [2.05, 4.69) is 6.58 Å². The molecule has 0 heterocycles. The molecule has 1 aliphatic rings. The number of hydrogen-bond donors (Lipinski definition) is 1. The van der Waals surface area contributed by atoms with Crippen molar-refractivity contribution in [2.75, 3.05) is 5.73 Å². The second-order valence-electron chi connectivity index (χ2n) is 6.12. The van der Waals surface area contributed by atoms with Gasteiger partial charge in [0.15, 0.2) is 11.5 Å². The Balaban J connectivity index is 1.90. The van der Waals surface area contributed by atoms with E-state index < -0.39 is 0 Å². The van der Waals surface area contributed by atoms with Crippen molar-refractivity contribution >= 4 is 17.0 Å². The van der Waals surface area contributed by atoms with Gasteiger partial charge >= 0.3 is 0 Å². The molecule has 2 N–H and O–H groups in total. The molecule has 0 aliphatic heterocycles. The Hall–Kier alpha value is -3.33. The number of ether oxygens (including phenoxy) is 1. The summed E-state index contributed by atoms with van der Waals surface area (Å²) in [5, 5.41) is 0. The van der Waals surface area contributed by atoms with Crippen LogP contribution in [0.2, 0.25) is 0 Å². The molecule has 0 bridgehead atoms. The highest BCUT2D eigenvalue weighted by Crippen LogP contribution is 2.43. The summed E-state index contributed by atoms with van der Waals surface area (Å²) < 4.78 is 5.92. The largest absolute Gasteiger partial charge is 0.455 e. The summed E-state index contributed by atoms with van der Waals surface area (Å²) in [5.74, 6) is 1.08. The summed E-state index contributed by atoms with van der Waals surface area (Å²) in [7, 11) is 0. The molecule has 122 valence electrons. The highest BCUT2D eigenvalue weighted by Gasteiger charge is 2.30. The van der Waals surface area contributed by atoms with Crippen LogP contribution in [0.1, 0.15) is 32.6 Å². The summed E-state index contributed by atoms with van der Waals surface area (Å²) >= 11 is 0. The predicted molar refractivity (Wildman–Crippen MR) is 100 cm³/mol. The summed E-state index contributed by atoms with van der Waals surface area (Å²) in [6.07, 6.45) is 0. The fourth-order valence-electron chi connectivity index (χ4n) is 3.34. The van der Waals surface area contributed by atoms with Gasteiger partial charge in [-0.2, -0.15) is 0 Å². The molecule has 1 aliphatic carbocycles. The van der Waals surface area contributed by atoms with Crippen LogP contribution in [-0.4, -0.2) is 5.78 Å².